The number of fused-ring (bicyclic) bond motifs is 1. The van der Waals surface area contributed by atoms with Crippen molar-refractivity contribution in [3.8, 4) is 0 Å². The Labute approximate surface area is 112 Å². The molecule has 7 heteroatoms. The largest absolute Gasteiger partial charge is 0.411 e. The smallest absolute Gasteiger partial charge is 0.371 e. The van der Waals surface area contributed by atoms with Crippen molar-refractivity contribution >= 4 is 21.6 Å². The molecule has 0 fully saturated rings. The van der Waals surface area contributed by atoms with Gasteiger partial charge in [0.05, 0.1) is 16.8 Å². The van der Waals surface area contributed by atoms with Crippen LogP contribution in [0.2, 0.25) is 0 Å². The number of thiazole rings is 1. The summed E-state index contributed by atoms with van der Waals surface area (Å²) in [5, 5.41) is 3.92. The lowest BCUT2D eigenvalue weighted by atomic mass is 10.3. The number of nitrogens with zero attached hydrogens (tertiary/aromatic N) is 1. The maximum Gasteiger partial charge on any atom is 0.411 e. The van der Waals surface area contributed by atoms with Crippen molar-refractivity contribution in [1.29, 1.82) is 0 Å². The fraction of sp³-hybridized carbons (Fsp3) is 0.417. The number of halogens is 3. The van der Waals surface area contributed by atoms with E-state index in [1.807, 2.05) is 24.3 Å². The van der Waals surface area contributed by atoms with Crippen LogP contribution in [-0.4, -0.2) is 30.9 Å². The van der Waals surface area contributed by atoms with Crippen molar-refractivity contribution in [1.82, 2.24) is 10.3 Å². The summed E-state index contributed by atoms with van der Waals surface area (Å²) < 4.78 is 41.0. The van der Waals surface area contributed by atoms with E-state index in [0.29, 0.717) is 13.1 Å². The maximum atomic E-state index is 11.8. The molecule has 0 atom stereocenters. The number of para-hydroxylation sites is 1. The van der Waals surface area contributed by atoms with Gasteiger partial charge < -0.3 is 10.1 Å². The molecule has 3 nitrogen and oxygen atoms in total. The first-order valence-corrected chi connectivity index (χ1v) is 6.56. The van der Waals surface area contributed by atoms with Gasteiger partial charge >= 0.3 is 6.18 Å². The van der Waals surface area contributed by atoms with Crippen molar-refractivity contribution in [2.45, 2.75) is 12.7 Å². The predicted octanol–water partition coefficient (Wildman–Crippen LogP) is 2.96. The quantitative estimate of drug-likeness (QED) is 0.831. The summed E-state index contributed by atoms with van der Waals surface area (Å²) in [7, 11) is 0. The van der Waals surface area contributed by atoms with Crippen LogP contribution in [0.1, 0.15) is 5.01 Å². The molecule has 2 aromatic rings. The van der Waals surface area contributed by atoms with Gasteiger partial charge in [-0.05, 0) is 12.1 Å². The number of rotatable bonds is 6. The van der Waals surface area contributed by atoms with Crippen LogP contribution in [0.5, 0.6) is 0 Å². The van der Waals surface area contributed by atoms with E-state index < -0.39 is 12.8 Å². The molecule has 0 bridgehead atoms. The first kappa shape index (κ1) is 14.2. The van der Waals surface area contributed by atoms with E-state index >= 15 is 0 Å². The summed E-state index contributed by atoms with van der Waals surface area (Å²) >= 11 is 1.57. The lowest BCUT2D eigenvalue weighted by Gasteiger charge is -2.07. The van der Waals surface area contributed by atoms with Gasteiger partial charge in [-0.1, -0.05) is 12.1 Å². The molecular weight excluding hydrogens is 277 g/mol. The minimum absolute atomic E-state index is 0.0321. The Morgan fingerprint density at radius 2 is 2.05 bits per heavy atom. The first-order chi connectivity index (χ1) is 9.04. The Bertz CT molecular complexity index is 494. The lowest BCUT2D eigenvalue weighted by molar-refractivity contribution is -0.173. The molecule has 1 aromatic heterocycles. The van der Waals surface area contributed by atoms with Crippen molar-refractivity contribution in [2.75, 3.05) is 19.8 Å². The first-order valence-electron chi connectivity index (χ1n) is 5.74. The van der Waals surface area contributed by atoms with E-state index in [9.17, 15) is 13.2 Å². The van der Waals surface area contributed by atoms with Crippen LogP contribution in [-0.2, 0) is 11.3 Å². The molecule has 0 unspecified atom stereocenters. The molecular formula is C12H13F3N2OS. The zero-order valence-electron chi connectivity index (χ0n) is 10.0. The normalized spacial score (nSPS) is 12.2. The Morgan fingerprint density at radius 1 is 1.26 bits per heavy atom. The minimum Gasteiger partial charge on any atom is -0.371 e. The second kappa shape index (κ2) is 6.31. The van der Waals surface area contributed by atoms with E-state index in [4.69, 9.17) is 0 Å². The summed E-state index contributed by atoms with van der Waals surface area (Å²) in [6, 6.07) is 7.79. The number of hydrogen-bond acceptors (Lipinski definition) is 4. The van der Waals surface area contributed by atoms with Gasteiger partial charge in [0.1, 0.15) is 11.6 Å². The molecule has 0 aliphatic heterocycles. The molecule has 0 aliphatic carbocycles. The third kappa shape index (κ3) is 4.77. The second-order valence-corrected chi connectivity index (χ2v) is 5.04. The zero-order chi connectivity index (χ0) is 13.7. The fourth-order valence-electron chi connectivity index (χ4n) is 1.52. The van der Waals surface area contributed by atoms with Crippen LogP contribution in [0.4, 0.5) is 13.2 Å². The van der Waals surface area contributed by atoms with E-state index in [1.54, 1.807) is 11.3 Å². The molecule has 0 aliphatic rings. The van der Waals surface area contributed by atoms with Crippen molar-refractivity contribution in [2.24, 2.45) is 0 Å². The average molecular weight is 290 g/mol. The standard InChI is InChI=1S/C12H13F3N2OS/c13-12(14,15)8-18-6-5-16-7-11-17-9-3-1-2-4-10(9)19-11/h1-4,16H,5-8H2. The van der Waals surface area contributed by atoms with Gasteiger partial charge in [-0.2, -0.15) is 13.2 Å². The van der Waals surface area contributed by atoms with Crippen molar-refractivity contribution in [3.63, 3.8) is 0 Å². The highest BCUT2D eigenvalue weighted by Gasteiger charge is 2.27. The van der Waals surface area contributed by atoms with Gasteiger partial charge in [0.15, 0.2) is 0 Å². The lowest BCUT2D eigenvalue weighted by Crippen LogP contribution is -2.23. The molecule has 0 saturated heterocycles. The highest BCUT2D eigenvalue weighted by atomic mass is 32.1. The molecule has 0 radical (unpaired) electrons. The van der Waals surface area contributed by atoms with E-state index in [1.165, 1.54) is 0 Å². The Kier molecular flexibility index (Phi) is 4.73. The molecule has 0 saturated carbocycles. The van der Waals surface area contributed by atoms with E-state index in [-0.39, 0.29) is 6.61 Å². The van der Waals surface area contributed by atoms with Crippen LogP contribution in [0.25, 0.3) is 10.2 Å². The Balaban J connectivity index is 1.68. The number of benzene rings is 1. The summed E-state index contributed by atoms with van der Waals surface area (Å²) in [5.74, 6) is 0. The van der Waals surface area contributed by atoms with E-state index in [2.05, 4.69) is 15.0 Å². The van der Waals surface area contributed by atoms with Crippen LogP contribution >= 0.6 is 11.3 Å². The topological polar surface area (TPSA) is 34.1 Å². The molecule has 1 N–H and O–H groups in total. The Morgan fingerprint density at radius 3 is 2.79 bits per heavy atom. The van der Waals surface area contributed by atoms with Crippen molar-refractivity contribution < 1.29 is 17.9 Å². The van der Waals surface area contributed by atoms with Gasteiger partial charge in [0, 0.05) is 13.1 Å². The molecule has 1 heterocycles. The monoisotopic (exact) mass is 290 g/mol. The predicted molar refractivity (Wildman–Crippen MR) is 68.2 cm³/mol. The summed E-state index contributed by atoms with van der Waals surface area (Å²) in [4.78, 5) is 4.40. The summed E-state index contributed by atoms with van der Waals surface area (Å²) in [6.45, 7) is -0.263. The highest BCUT2D eigenvalue weighted by Crippen LogP contribution is 2.21. The third-order valence-electron chi connectivity index (χ3n) is 2.30. The number of alkyl halides is 3. The molecule has 1 aromatic carbocycles. The number of hydrogen-bond donors (Lipinski definition) is 1. The number of ether oxygens (including phenoxy) is 1. The van der Waals surface area contributed by atoms with Crippen LogP contribution < -0.4 is 5.32 Å². The van der Waals surface area contributed by atoms with Crippen LogP contribution in [0.3, 0.4) is 0 Å². The molecule has 19 heavy (non-hydrogen) atoms. The van der Waals surface area contributed by atoms with Gasteiger partial charge in [0.25, 0.3) is 0 Å². The maximum absolute atomic E-state index is 11.8. The summed E-state index contributed by atoms with van der Waals surface area (Å²) in [6.07, 6.45) is -4.26. The second-order valence-electron chi connectivity index (χ2n) is 3.92. The van der Waals surface area contributed by atoms with Crippen LogP contribution in [0.15, 0.2) is 24.3 Å². The zero-order valence-corrected chi connectivity index (χ0v) is 10.9. The number of aromatic nitrogens is 1. The SMILES string of the molecule is FC(F)(F)COCCNCc1nc2ccccc2s1. The van der Waals surface area contributed by atoms with Gasteiger partial charge in [-0.15, -0.1) is 11.3 Å². The minimum atomic E-state index is -4.26. The van der Waals surface area contributed by atoms with Crippen molar-refractivity contribution in [3.05, 3.63) is 29.3 Å². The summed E-state index contributed by atoms with van der Waals surface area (Å²) in [5.41, 5.74) is 0.942. The highest BCUT2D eigenvalue weighted by molar-refractivity contribution is 7.18. The molecule has 0 spiro atoms. The van der Waals surface area contributed by atoms with Gasteiger partial charge in [-0.3, -0.25) is 0 Å². The van der Waals surface area contributed by atoms with Gasteiger partial charge in [-0.25, -0.2) is 4.98 Å². The Hall–Kier alpha value is -1.18. The van der Waals surface area contributed by atoms with Gasteiger partial charge in [0.2, 0.25) is 0 Å². The third-order valence-corrected chi connectivity index (χ3v) is 3.34. The molecule has 104 valence electrons. The van der Waals surface area contributed by atoms with Crippen LogP contribution in [0, 0.1) is 0 Å². The fourth-order valence-corrected chi connectivity index (χ4v) is 2.46. The molecule has 2 rings (SSSR count). The van der Waals surface area contributed by atoms with E-state index in [0.717, 1.165) is 15.2 Å². The molecule has 0 amide bonds. The average Bonchev–Trinajstić information content (AvgIpc) is 2.74. The number of nitrogens with one attached hydrogen (secondary N) is 1.